The standard InChI is InChI=1S/C14H12Cl2N2O/c1-9(12-3-2-11(15)8-13(12)16)18-14(19)10-4-6-17-7-5-10/h2-9H,1H3,(H,18,19)/t9-/m0/s1. The van der Waals surface area contributed by atoms with E-state index in [0.29, 0.717) is 15.6 Å². The summed E-state index contributed by atoms with van der Waals surface area (Å²) in [6.45, 7) is 1.87. The number of carbonyl (C=O) groups excluding carboxylic acids is 1. The molecule has 0 radical (unpaired) electrons. The molecule has 0 unspecified atom stereocenters. The molecule has 3 nitrogen and oxygen atoms in total. The molecule has 0 aliphatic rings. The van der Waals surface area contributed by atoms with E-state index >= 15 is 0 Å². The number of nitrogens with zero attached hydrogens (tertiary/aromatic N) is 1. The predicted octanol–water partition coefficient (Wildman–Crippen LogP) is 3.88. The molecule has 0 aliphatic heterocycles. The van der Waals surface area contributed by atoms with Crippen LogP contribution in [-0.4, -0.2) is 10.9 Å². The molecule has 0 saturated carbocycles. The summed E-state index contributed by atoms with van der Waals surface area (Å²) >= 11 is 12.0. The summed E-state index contributed by atoms with van der Waals surface area (Å²) < 4.78 is 0. The Balaban J connectivity index is 2.13. The highest BCUT2D eigenvalue weighted by Gasteiger charge is 2.13. The van der Waals surface area contributed by atoms with Crippen LogP contribution in [-0.2, 0) is 0 Å². The average Bonchev–Trinajstić information content (AvgIpc) is 2.39. The number of nitrogens with one attached hydrogen (secondary N) is 1. The van der Waals surface area contributed by atoms with Crippen LogP contribution in [0.4, 0.5) is 0 Å². The van der Waals surface area contributed by atoms with E-state index in [1.807, 2.05) is 13.0 Å². The molecular weight excluding hydrogens is 283 g/mol. The molecule has 2 rings (SSSR count). The predicted molar refractivity (Wildman–Crippen MR) is 76.6 cm³/mol. The smallest absolute Gasteiger partial charge is 0.251 e. The summed E-state index contributed by atoms with van der Waals surface area (Å²) in [7, 11) is 0. The van der Waals surface area contributed by atoms with Crippen molar-refractivity contribution in [2.45, 2.75) is 13.0 Å². The molecule has 98 valence electrons. The Morgan fingerprint density at radius 1 is 1.21 bits per heavy atom. The van der Waals surface area contributed by atoms with Crippen LogP contribution in [0, 0.1) is 0 Å². The van der Waals surface area contributed by atoms with Gasteiger partial charge in [0, 0.05) is 28.0 Å². The Labute approximate surface area is 121 Å². The highest BCUT2D eigenvalue weighted by atomic mass is 35.5. The normalized spacial score (nSPS) is 11.9. The fourth-order valence-electron chi connectivity index (χ4n) is 1.71. The third-order valence-electron chi connectivity index (χ3n) is 2.72. The van der Waals surface area contributed by atoms with Crippen molar-refractivity contribution in [3.8, 4) is 0 Å². The third kappa shape index (κ3) is 3.46. The van der Waals surface area contributed by atoms with Gasteiger partial charge in [0.1, 0.15) is 0 Å². The number of carbonyl (C=O) groups is 1. The summed E-state index contributed by atoms with van der Waals surface area (Å²) in [5.41, 5.74) is 1.39. The van der Waals surface area contributed by atoms with Crippen LogP contribution < -0.4 is 5.32 Å². The van der Waals surface area contributed by atoms with E-state index in [4.69, 9.17) is 23.2 Å². The molecule has 1 aromatic carbocycles. The largest absolute Gasteiger partial charge is 0.345 e. The van der Waals surface area contributed by atoms with Crippen LogP contribution >= 0.6 is 23.2 Å². The molecule has 5 heteroatoms. The molecule has 1 heterocycles. The van der Waals surface area contributed by atoms with Crippen LogP contribution in [0.15, 0.2) is 42.7 Å². The van der Waals surface area contributed by atoms with E-state index in [1.54, 1.807) is 36.7 Å². The Morgan fingerprint density at radius 2 is 1.89 bits per heavy atom. The van der Waals surface area contributed by atoms with Gasteiger partial charge in [-0.05, 0) is 36.8 Å². The first-order chi connectivity index (χ1) is 9.08. The molecule has 1 aromatic heterocycles. The first-order valence-electron chi connectivity index (χ1n) is 5.74. The van der Waals surface area contributed by atoms with Gasteiger partial charge in [0.05, 0.1) is 6.04 Å². The molecule has 0 fully saturated rings. The monoisotopic (exact) mass is 294 g/mol. The van der Waals surface area contributed by atoms with Gasteiger partial charge in [-0.15, -0.1) is 0 Å². The minimum Gasteiger partial charge on any atom is -0.345 e. The lowest BCUT2D eigenvalue weighted by Crippen LogP contribution is -2.26. The minimum absolute atomic E-state index is 0.166. The van der Waals surface area contributed by atoms with Crippen molar-refractivity contribution < 1.29 is 4.79 Å². The number of halogens is 2. The van der Waals surface area contributed by atoms with Crippen molar-refractivity contribution in [3.05, 3.63) is 63.9 Å². The van der Waals surface area contributed by atoms with E-state index in [2.05, 4.69) is 10.3 Å². The second-order valence-corrected chi connectivity index (χ2v) is 4.94. The number of aromatic nitrogens is 1. The molecule has 1 N–H and O–H groups in total. The summed E-state index contributed by atoms with van der Waals surface area (Å²) in [5.74, 6) is -0.166. The van der Waals surface area contributed by atoms with E-state index in [9.17, 15) is 4.79 Å². The molecule has 2 aromatic rings. The first-order valence-corrected chi connectivity index (χ1v) is 6.49. The average molecular weight is 295 g/mol. The Bertz CT molecular complexity index is 587. The number of benzene rings is 1. The maximum atomic E-state index is 12.0. The maximum Gasteiger partial charge on any atom is 0.251 e. The SMILES string of the molecule is C[C@H](NC(=O)c1ccncc1)c1ccc(Cl)cc1Cl. The van der Waals surface area contributed by atoms with Crippen LogP contribution in [0.3, 0.4) is 0 Å². The minimum atomic E-state index is -0.203. The third-order valence-corrected chi connectivity index (χ3v) is 3.28. The van der Waals surface area contributed by atoms with Gasteiger partial charge in [0.25, 0.3) is 5.91 Å². The maximum absolute atomic E-state index is 12.0. The van der Waals surface area contributed by atoms with Gasteiger partial charge in [-0.3, -0.25) is 9.78 Å². The lowest BCUT2D eigenvalue weighted by Gasteiger charge is -2.16. The van der Waals surface area contributed by atoms with Crippen molar-refractivity contribution in [3.63, 3.8) is 0 Å². The molecule has 0 bridgehead atoms. The van der Waals surface area contributed by atoms with Crippen LogP contribution in [0.25, 0.3) is 0 Å². The van der Waals surface area contributed by atoms with Crippen molar-refractivity contribution in [2.75, 3.05) is 0 Å². The van der Waals surface area contributed by atoms with Gasteiger partial charge >= 0.3 is 0 Å². The lowest BCUT2D eigenvalue weighted by atomic mass is 10.1. The van der Waals surface area contributed by atoms with Crippen LogP contribution in [0.1, 0.15) is 28.9 Å². The second-order valence-electron chi connectivity index (χ2n) is 4.10. The number of pyridine rings is 1. The summed E-state index contributed by atoms with van der Waals surface area (Å²) in [5, 5.41) is 3.99. The summed E-state index contributed by atoms with van der Waals surface area (Å²) in [6, 6.07) is 8.33. The topological polar surface area (TPSA) is 42.0 Å². The van der Waals surface area contributed by atoms with Gasteiger partial charge in [0.2, 0.25) is 0 Å². The first kappa shape index (κ1) is 13.8. The Morgan fingerprint density at radius 3 is 2.53 bits per heavy atom. The molecule has 19 heavy (non-hydrogen) atoms. The zero-order chi connectivity index (χ0) is 13.8. The zero-order valence-electron chi connectivity index (χ0n) is 10.2. The number of hydrogen-bond donors (Lipinski definition) is 1. The van der Waals surface area contributed by atoms with Gasteiger partial charge in [0.15, 0.2) is 0 Å². The van der Waals surface area contributed by atoms with Crippen molar-refractivity contribution in [1.29, 1.82) is 0 Å². The van der Waals surface area contributed by atoms with Crippen molar-refractivity contribution in [2.24, 2.45) is 0 Å². The molecule has 1 atom stereocenters. The number of hydrogen-bond acceptors (Lipinski definition) is 2. The lowest BCUT2D eigenvalue weighted by molar-refractivity contribution is 0.0940. The molecule has 0 saturated heterocycles. The van der Waals surface area contributed by atoms with Gasteiger partial charge in [-0.1, -0.05) is 29.3 Å². The Hall–Kier alpha value is -1.58. The molecular formula is C14H12Cl2N2O. The second kappa shape index (κ2) is 6.04. The molecule has 1 amide bonds. The van der Waals surface area contributed by atoms with E-state index in [0.717, 1.165) is 5.56 Å². The Kier molecular flexibility index (Phi) is 4.40. The van der Waals surface area contributed by atoms with E-state index in [-0.39, 0.29) is 11.9 Å². The number of rotatable bonds is 3. The van der Waals surface area contributed by atoms with E-state index in [1.165, 1.54) is 0 Å². The fraction of sp³-hybridized carbons (Fsp3) is 0.143. The van der Waals surface area contributed by atoms with Crippen LogP contribution in [0.5, 0.6) is 0 Å². The van der Waals surface area contributed by atoms with Crippen molar-refractivity contribution >= 4 is 29.1 Å². The van der Waals surface area contributed by atoms with Crippen LogP contribution in [0.2, 0.25) is 10.0 Å². The van der Waals surface area contributed by atoms with Gasteiger partial charge < -0.3 is 5.32 Å². The van der Waals surface area contributed by atoms with Gasteiger partial charge in [-0.25, -0.2) is 0 Å². The zero-order valence-corrected chi connectivity index (χ0v) is 11.7. The quantitative estimate of drug-likeness (QED) is 0.933. The number of amides is 1. The fourth-order valence-corrected chi connectivity index (χ4v) is 2.29. The highest BCUT2D eigenvalue weighted by molar-refractivity contribution is 6.35. The highest BCUT2D eigenvalue weighted by Crippen LogP contribution is 2.26. The summed E-state index contributed by atoms with van der Waals surface area (Å²) in [6.07, 6.45) is 3.16. The molecule has 0 spiro atoms. The van der Waals surface area contributed by atoms with Gasteiger partial charge in [-0.2, -0.15) is 0 Å². The van der Waals surface area contributed by atoms with E-state index < -0.39 is 0 Å². The molecule has 0 aliphatic carbocycles. The summed E-state index contributed by atoms with van der Waals surface area (Å²) in [4.78, 5) is 15.9. The van der Waals surface area contributed by atoms with Crippen molar-refractivity contribution in [1.82, 2.24) is 10.3 Å².